The molecule has 2 rings (SSSR count). The Labute approximate surface area is 167 Å². The average molecular weight is 414 g/mol. The van der Waals surface area contributed by atoms with Gasteiger partial charge in [-0.25, -0.2) is 8.42 Å². The first-order valence-corrected chi connectivity index (χ1v) is 11.2. The third kappa shape index (κ3) is 6.53. The van der Waals surface area contributed by atoms with Crippen molar-refractivity contribution in [1.29, 1.82) is 0 Å². The molecular formula is C18H29N4O3S2+. The molecule has 0 aromatic heterocycles. The van der Waals surface area contributed by atoms with Crippen LogP contribution >= 0.6 is 12.2 Å². The van der Waals surface area contributed by atoms with Gasteiger partial charge in [0.15, 0.2) is 5.11 Å². The summed E-state index contributed by atoms with van der Waals surface area (Å²) in [4.78, 5) is 13.4. The first kappa shape index (κ1) is 21.7. The maximum absolute atomic E-state index is 12.7. The molecule has 1 aromatic rings. The van der Waals surface area contributed by atoms with E-state index in [1.807, 2.05) is 0 Å². The number of nitrogens with one attached hydrogen (secondary N) is 3. The van der Waals surface area contributed by atoms with Crippen molar-refractivity contribution in [2.24, 2.45) is 0 Å². The Balaban J connectivity index is 1.90. The number of anilines is 1. The van der Waals surface area contributed by atoms with Crippen molar-refractivity contribution < 1.29 is 18.1 Å². The lowest BCUT2D eigenvalue weighted by molar-refractivity contribution is -0.883. The number of hydrogen-bond acceptors (Lipinski definition) is 4. The zero-order valence-corrected chi connectivity index (χ0v) is 17.6. The fraction of sp³-hybridized carbons (Fsp3) is 0.556. The number of quaternary nitrogens is 1. The van der Waals surface area contributed by atoms with E-state index in [2.05, 4.69) is 24.6 Å². The number of carbonyl (C=O) groups excluding carboxylic acids is 1. The fourth-order valence-corrected chi connectivity index (χ4v) is 4.53. The maximum atomic E-state index is 12.7. The van der Waals surface area contributed by atoms with Crippen LogP contribution < -0.4 is 15.5 Å². The summed E-state index contributed by atoms with van der Waals surface area (Å²) < 4.78 is 27.0. The second kappa shape index (κ2) is 10.1. The lowest BCUT2D eigenvalue weighted by Crippen LogP contribution is -3.12. The van der Waals surface area contributed by atoms with E-state index in [1.54, 1.807) is 24.3 Å². The molecule has 0 aliphatic carbocycles. The molecule has 0 spiro atoms. The third-order valence-corrected chi connectivity index (χ3v) is 6.70. The minimum Gasteiger partial charge on any atom is -0.335 e. The second-order valence-electron chi connectivity index (χ2n) is 6.84. The Morgan fingerprint density at radius 3 is 2.41 bits per heavy atom. The number of sulfonamides is 1. The van der Waals surface area contributed by atoms with E-state index >= 15 is 0 Å². The summed E-state index contributed by atoms with van der Waals surface area (Å²) >= 11 is 5.14. The molecule has 1 heterocycles. The Morgan fingerprint density at radius 2 is 1.81 bits per heavy atom. The summed E-state index contributed by atoms with van der Waals surface area (Å²) in [5.74, 6) is -0.114. The van der Waals surface area contributed by atoms with Gasteiger partial charge in [-0.15, -0.1) is 0 Å². The summed E-state index contributed by atoms with van der Waals surface area (Å²) in [5, 5.41) is 5.77. The maximum Gasteiger partial charge on any atom is 0.243 e. The first-order chi connectivity index (χ1) is 12.8. The highest BCUT2D eigenvalue weighted by atomic mass is 32.2. The molecule has 0 bridgehead atoms. The summed E-state index contributed by atoms with van der Waals surface area (Å²) in [6.07, 6.45) is 3.35. The molecule has 1 aromatic carbocycles. The quantitative estimate of drug-likeness (QED) is 0.450. The zero-order chi connectivity index (χ0) is 19.9. The standard InChI is InChI=1S/C18H28N4O3S2/c1-3-4-5-6-17(23)20-18(26)19-15-7-9-16(10-8-15)27(24,25)22-13-11-21(2)12-14-22/h7-10H,3-6,11-14H2,1-2H3,(H2,19,20,23,26)/p+1. The largest absolute Gasteiger partial charge is 0.335 e. The molecule has 0 unspecified atom stereocenters. The summed E-state index contributed by atoms with van der Waals surface area (Å²) in [6, 6.07) is 6.44. The molecule has 1 aliphatic heterocycles. The van der Waals surface area contributed by atoms with Crippen molar-refractivity contribution in [3.63, 3.8) is 0 Å². The van der Waals surface area contributed by atoms with Gasteiger partial charge in [-0.05, 0) is 42.9 Å². The zero-order valence-electron chi connectivity index (χ0n) is 16.0. The molecule has 1 saturated heterocycles. The van der Waals surface area contributed by atoms with E-state index in [0.29, 0.717) is 25.2 Å². The molecule has 27 heavy (non-hydrogen) atoms. The Morgan fingerprint density at radius 1 is 1.19 bits per heavy atom. The van der Waals surface area contributed by atoms with Crippen LogP contribution in [0.3, 0.4) is 0 Å². The van der Waals surface area contributed by atoms with Crippen LogP contribution in [-0.2, 0) is 14.8 Å². The van der Waals surface area contributed by atoms with E-state index in [1.165, 1.54) is 9.21 Å². The van der Waals surface area contributed by atoms with Crippen molar-refractivity contribution in [2.75, 3.05) is 38.5 Å². The number of unbranched alkanes of at least 4 members (excludes halogenated alkanes) is 2. The average Bonchev–Trinajstić information content (AvgIpc) is 2.62. The van der Waals surface area contributed by atoms with Gasteiger partial charge in [-0.2, -0.15) is 4.31 Å². The molecular weight excluding hydrogens is 384 g/mol. The summed E-state index contributed by atoms with van der Waals surface area (Å²) in [7, 11) is -1.41. The van der Waals surface area contributed by atoms with Crippen molar-refractivity contribution in [1.82, 2.24) is 9.62 Å². The molecule has 0 radical (unpaired) electrons. The smallest absolute Gasteiger partial charge is 0.243 e. The molecule has 1 fully saturated rings. The van der Waals surface area contributed by atoms with Crippen LogP contribution in [0.2, 0.25) is 0 Å². The monoisotopic (exact) mass is 413 g/mol. The number of carbonyl (C=O) groups is 1. The van der Waals surface area contributed by atoms with Crippen molar-refractivity contribution >= 4 is 38.9 Å². The Kier molecular flexibility index (Phi) is 8.15. The Bertz CT molecular complexity index is 742. The lowest BCUT2D eigenvalue weighted by Gasteiger charge is -2.29. The topological polar surface area (TPSA) is 83.0 Å². The van der Waals surface area contributed by atoms with Crippen molar-refractivity contribution in [2.45, 2.75) is 37.5 Å². The minimum atomic E-state index is -3.47. The van der Waals surface area contributed by atoms with Crippen molar-refractivity contribution in [3.05, 3.63) is 24.3 Å². The predicted octanol–water partition coefficient (Wildman–Crippen LogP) is 0.599. The molecule has 1 amide bonds. The summed E-state index contributed by atoms with van der Waals surface area (Å²) in [6.45, 7) is 4.76. The van der Waals surface area contributed by atoms with Crippen LogP contribution in [0, 0.1) is 0 Å². The van der Waals surface area contributed by atoms with Gasteiger partial charge in [0.05, 0.1) is 38.1 Å². The molecule has 7 nitrogen and oxygen atoms in total. The van der Waals surface area contributed by atoms with Crippen molar-refractivity contribution in [3.8, 4) is 0 Å². The predicted molar refractivity (Wildman–Crippen MR) is 110 cm³/mol. The highest BCUT2D eigenvalue weighted by molar-refractivity contribution is 7.89. The van der Waals surface area contributed by atoms with E-state index in [4.69, 9.17) is 12.2 Å². The number of thiocarbonyl (C=S) groups is 1. The number of likely N-dealkylation sites (N-methyl/N-ethyl adjacent to an activating group) is 1. The normalized spacial score (nSPS) is 16.1. The van der Waals surface area contributed by atoms with Crippen LogP contribution in [0.5, 0.6) is 0 Å². The number of benzene rings is 1. The Hall–Kier alpha value is -1.55. The third-order valence-electron chi connectivity index (χ3n) is 4.59. The molecule has 9 heteroatoms. The van der Waals surface area contributed by atoms with Gasteiger partial charge < -0.3 is 15.5 Å². The minimum absolute atomic E-state index is 0.114. The molecule has 3 N–H and O–H groups in total. The molecule has 1 aliphatic rings. The van der Waals surface area contributed by atoms with E-state index < -0.39 is 10.0 Å². The number of piperazine rings is 1. The first-order valence-electron chi connectivity index (χ1n) is 9.35. The number of rotatable bonds is 7. The fourth-order valence-electron chi connectivity index (χ4n) is 2.85. The molecule has 150 valence electrons. The number of amides is 1. The van der Waals surface area contributed by atoms with Crippen LogP contribution in [0.15, 0.2) is 29.2 Å². The van der Waals surface area contributed by atoms with Crippen LogP contribution in [0.4, 0.5) is 5.69 Å². The van der Waals surface area contributed by atoms with Crippen LogP contribution in [-0.4, -0.2) is 57.0 Å². The van der Waals surface area contributed by atoms with E-state index in [9.17, 15) is 13.2 Å². The van der Waals surface area contributed by atoms with Gasteiger partial charge in [0.25, 0.3) is 0 Å². The highest BCUT2D eigenvalue weighted by Crippen LogP contribution is 2.18. The van der Waals surface area contributed by atoms with Crippen LogP contribution in [0.1, 0.15) is 32.6 Å². The van der Waals surface area contributed by atoms with E-state index in [0.717, 1.165) is 32.4 Å². The van der Waals surface area contributed by atoms with Gasteiger partial charge in [0, 0.05) is 12.1 Å². The number of hydrogen-bond donors (Lipinski definition) is 3. The summed E-state index contributed by atoms with van der Waals surface area (Å²) in [5.41, 5.74) is 0.635. The SMILES string of the molecule is CCCCCC(=O)NC(=S)Nc1ccc(S(=O)(=O)N2CC[NH+](C)CC2)cc1. The lowest BCUT2D eigenvalue weighted by atomic mass is 10.2. The van der Waals surface area contributed by atoms with Gasteiger partial charge in [0.2, 0.25) is 15.9 Å². The second-order valence-corrected chi connectivity index (χ2v) is 9.19. The molecule has 0 saturated carbocycles. The highest BCUT2D eigenvalue weighted by Gasteiger charge is 2.28. The van der Waals surface area contributed by atoms with Crippen LogP contribution in [0.25, 0.3) is 0 Å². The number of nitrogens with zero attached hydrogens (tertiary/aromatic N) is 1. The van der Waals surface area contributed by atoms with Gasteiger partial charge >= 0.3 is 0 Å². The van der Waals surface area contributed by atoms with E-state index in [-0.39, 0.29) is 15.9 Å². The van der Waals surface area contributed by atoms with Gasteiger partial charge in [0.1, 0.15) is 0 Å². The van der Waals surface area contributed by atoms with Gasteiger partial charge in [-0.1, -0.05) is 19.8 Å². The molecule has 0 atom stereocenters. The van der Waals surface area contributed by atoms with Gasteiger partial charge in [-0.3, -0.25) is 4.79 Å².